The van der Waals surface area contributed by atoms with Gasteiger partial charge in [0, 0.05) is 31.9 Å². The SMILES string of the molecule is Cc1ccc(NC(=O)CN2CCOC(C(=O)N3CCCC3)C2)cc1. The molecule has 1 unspecified atom stereocenters. The summed E-state index contributed by atoms with van der Waals surface area (Å²) in [7, 11) is 0. The normalized spacial score (nSPS) is 21.7. The molecule has 2 fully saturated rings. The van der Waals surface area contributed by atoms with Crippen LogP contribution in [0.2, 0.25) is 0 Å². The monoisotopic (exact) mass is 331 g/mol. The number of carbonyl (C=O) groups is 2. The molecule has 2 saturated heterocycles. The fraction of sp³-hybridized carbons (Fsp3) is 0.556. The van der Waals surface area contributed by atoms with Crippen LogP contribution in [0.5, 0.6) is 0 Å². The number of anilines is 1. The first-order valence-corrected chi connectivity index (χ1v) is 8.61. The Balaban J connectivity index is 1.50. The molecule has 2 amide bonds. The molecule has 0 radical (unpaired) electrons. The molecule has 0 saturated carbocycles. The molecule has 1 atom stereocenters. The van der Waals surface area contributed by atoms with Crippen molar-refractivity contribution in [3.05, 3.63) is 29.8 Å². The number of nitrogens with one attached hydrogen (secondary N) is 1. The summed E-state index contributed by atoms with van der Waals surface area (Å²) in [6.07, 6.45) is 1.70. The van der Waals surface area contributed by atoms with E-state index in [1.54, 1.807) is 0 Å². The Morgan fingerprint density at radius 2 is 1.88 bits per heavy atom. The van der Waals surface area contributed by atoms with Gasteiger partial charge in [0.1, 0.15) is 6.10 Å². The molecule has 0 spiro atoms. The van der Waals surface area contributed by atoms with Crippen LogP contribution in [-0.4, -0.2) is 67.0 Å². The van der Waals surface area contributed by atoms with Gasteiger partial charge < -0.3 is 15.0 Å². The number of likely N-dealkylation sites (tertiary alicyclic amines) is 1. The van der Waals surface area contributed by atoms with Crippen molar-refractivity contribution in [2.45, 2.75) is 25.9 Å². The second-order valence-electron chi connectivity index (χ2n) is 6.54. The Labute approximate surface area is 142 Å². The van der Waals surface area contributed by atoms with Crippen molar-refractivity contribution in [1.29, 1.82) is 0 Å². The molecule has 1 aromatic rings. The minimum absolute atomic E-state index is 0.0619. The van der Waals surface area contributed by atoms with E-state index < -0.39 is 6.10 Å². The quantitative estimate of drug-likeness (QED) is 0.902. The van der Waals surface area contributed by atoms with Gasteiger partial charge in [-0.1, -0.05) is 17.7 Å². The highest BCUT2D eigenvalue weighted by molar-refractivity contribution is 5.92. The second kappa shape index (κ2) is 7.77. The van der Waals surface area contributed by atoms with E-state index in [0.29, 0.717) is 19.7 Å². The molecule has 6 nitrogen and oxygen atoms in total. The number of amides is 2. The van der Waals surface area contributed by atoms with Crippen molar-refractivity contribution >= 4 is 17.5 Å². The smallest absolute Gasteiger partial charge is 0.253 e. The van der Waals surface area contributed by atoms with E-state index >= 15 is 0 Å². The molecule has 2 aliphatic heterocycles. The predicted molar refractivity (Wildman–Crippen MR) is 91.8 cm³/mol. The minimum atomic E-state index is -0.441. The van der Waals surface area contributed by atoms with Crippen molar-refractivity contribution in [3.63, 3.8) is 0 Å². The van der Waals surface area contributed by atoms with Gasteiger partial charge in [0.2, 0.25) is 5.91 Å². The Hall–Kier alpha value is -1.92. The number of ether oxygens (including phenoxy) is 1. The number of hydrogen-bond acceptors (Lipinski definition) is 4. The third kappa shape index (κ3) is 4.33. The fourth-order valence-corrected chi connectivity index (χ4v) is 3.18. The Morgan fingerprint density at radius 3 is 2.58 bits per heavy atom. The average Bonchev–Trinajstić information content (AvgIpc) is 3.11. The van der Waals surface area contributed by atoms with Crippen LogP contribution in [0.25, 0.3) is 0 Å². The standard InChI is InChI=1S/C18H25N3O3/c1-14-4-6-15(7-5-14)19-17(22)13-20-10-11-24-16(12-20)18(23)21-8-2-3-9-21/h4-7,16H,2-3,8-13H2,1H3,(H,19,22). The van der Waals surface area contributed by atoms with E-state index in [4.69, 9.17) is 4.74 Å². The lowest BCUT2D eigenvalue weighted by Gasteiger charge is -2.33. The number of aryl methyl sites for hydroxylation is 1. The van der Waals surface area contributed by atoms with Crippen LogP contribution < -0.4 is 5.32 Å². The Bertz CT molecular complexity index is 582. The van der Waals surface area contributed by atoms with Gasteiger partial charge in [-0.2, -0.15) is 0 Å². The van der Waals surface area contributed by atoms with Crippen molar-refractivity contribution in [1.82, 2.24) is 9.80 Å². The first kappa shape index (κ1) is 16.9. The average molecular weight is 331 g/mol. The summed E-state index contributed by atoms with van der Waals surface area (Å²) in [4.78, 5) is 28.5. The molecule has 1 aromatic carbocycles. The molecular weight excluding hydrogens is 306 g/mol. The zero-order valence-electron chi connectivity index (χ0n) is 14.2. The molecule has 6 heteroatoms. The largest absolute Gasteiger partial charge is 0.366 e. The van der Waals surface area contributed by atoms with Crippen molar-refractivity contribution in [2.24, 2.45) is 0 Å². The van der Waals surface area contributed by atoms with Crippen LogP contribution >= 0.6 is 0 Å². The lowest BCUT2D eigenvalue weighted by atomic mass is 10.2. The number of carbonyl (C=O) groups excluding carboxylic acids is 2. The van der Waals surface area contributed by atoms with Gasteiger partial charge in [0.25, 0.3) is 5.91 Å². The number of morpholine rings is 1. The summed E-state index contributed by atoms with van der Waals surface area (Å²) in [5, 5.41) is 2.90. The summed E-state index contributed by atoms with van der Waals surface area (Å²) >= 11 is 0. The number of nitrogens with zero attached hydrogens (tertiary/aromatic N) is 2. The first-order valence-electron chi connectivity index (χ1n) is 8.61. The summed E-state index contributed by atoms with van der Waals surface area (Å²) in [6.45, 7) is 5.58. The molecule has 24 heavy (non-hydrogen) atoms. The summed E-state index contributed by atoms with van der Waals surface area (Å²) in [5.74, 6) is 0.00395. The number of benzene rings is 1. The van der Waals surface area contributed by atoms with Gasteiger partial charge in [-0.3, -0.25) is 14.5 Å². The number of rotatable bonds is 4. The van der Waals surface area contributed by atoms with Gasteiger partial charge in [-0.15, -0.1) is 0 Å². The predicted octanol–water partition coefficient (Wildman–Crippen LogP) is 1.26. The maximum Gasteiger partial charge on any atom is 0.253 e. The van der Waals surface area contributed by atoms with E-state index in [1.807, 2.05) is 41.0 Å². The molecule has 2 aliphatic rings. The highest BCUT2D eigenvalue weighted by Crippen LogP contribution is 2.14. The molecule has 1 N–H and O–H groups in total. The maximum atomic E-state index is 12.4. The van der Waals surface area contributed by atoms with Crippen LogP contribution in [0.1, 0.15) is 18.4 Å². The maximum absolute atomic E-state index is 12.4. The van der Waals surface area contributed by atoms with E-state index in [-0.39, 0.29) is 18.4 Å². The van der Waals surface area contributed by atoms with Crippen LogP contribution in [0, 0.1) is 6.92 Å². The van der Waals surface area contributed by atoms with Gasteiger partial charge in [-0.25, -0.2) is 0 Å². The van der Waals surface area contributed by atoms with Crippen molar-refractivity contribution in [2.75, 3.05) is 44.6 Å². The zero-order valence-corrected chi connectivity index (χ0v) is 14.2. The van der Waals surface area contributed by atoms with Gasteiger partial charge in [0.15, 0.2) is 0 Å². The first-order chi connectivity index (χ1) is 11.6. The molecule has 0 aromatic heterocycles. The highest BCUT2D eigenvalue weighted by Gasteiger charge is 2.31. The lowest BCUT2D eigenvalue weighted by Crippen LogP contribution is -2.51. The molecule has 0 aliphatic carbocycles. The highest BCUT2D eigenvalue weighted by atomic mass is 16.5. The van der Waals surface area contributed by atoms with Crippen LogP contribution in [0.15, 0.2) is 24.3 Å². The van der Waals surface area contributed by atoms with Gasteiger partial charge >= 0.3 is 0 Å². The lowest BCUT2D eigenvalue weighted by molar-refractivity contribution is -0.149. The van der Waals surface area contributed by atoms with E-state index in [1.165, 1.54) is 0 Å². The summed E-state index contributed by atoms with van der Waals surface area (Å²) in [5.41, 5.74) is 1.95. The Morgan fingerprint density at radius 1 is 1.17 bits per heavy atom. The van der Waals surface area contributed by atoms with Crippen LogP contribution in [0.4, 0.5) is 5.69 Å². The third-order valence-electron chi connectivity index (χ3n) is 4.55. The van der Waals surface area contributed by atoms with Crippen molar-refractivity contribution in [3.8, 4) is 0 Å². The van der Waals surface area contributed by atoms with E-state index in [0.717, 1.165) is 37.2 Å². The molecular formula is C18H25N3O3. The van der Waals surface area contributed by atoms with E-state index in [9.17, 15) is 9.59 Å². The zero-order chi connectivity index (χ0) is 16.9. The second-order valence-corrected chi connectivity index (χ2v) is 6.54. The molecule has 130 valence electrons. The summed E-state index contributed by atoms with van der Waals surface area (Å²) < 4.78 is 5.63. The Kier molecular flexibility index (Phi) is 5.48. The molecule has 3 rings (SSSR count). The van der Waals surface area contributed by atoms with E-state index in [2.05, 4.69) is 5.32 Å². The molecule has 0 bridgehead atoms. The third-order valence-corrected chi connectivity index (χ3v) is 4.55. The van der Waals surface area contributed by atoms with Crippen LogP contribution in [-0.2, 0) is 14.3 Å². The van der Waals surface area contributed by atoms with Crippen LogP contribution in [0.3, 0.4) is 0 Å². The fourth-order valence-electron chi connectivity index (χ4n) is 3.18. The van der Waals surface area contributed by atoms with Crippen molar-refractivity contribution < 1.29 is 14.3 Å². The summed E-state index contributed by atoms with van der Waals surface area (Å²) in [6, 6.07) is 7.72. The minimum Gasteiger partial charge on any atom is -0.366 e. The van der Waals surface area contributed by atoms with Gasteiger partial charge in [0.05, 0.1) is 13.2 Å². The topological polar surface area (TPSA) is 61.9 Å². The molecule has 2 heterocycles. The number of hydrogen-bond donors (Lipinski definition) is 1. The van der Waals surface area contributed by atoms with Gasteiger partial charge in [-0.05, 0) is 31.9 Å².